The molecule has 4 nitrogen and oxygen atoms in total. The zero-order chi connectivity index (χ0) is 8.60. The molecule has 0 unspecified atom stereocenters. The summed E-state index contributed by atoms with van der Waals surface area (Å²) in [7, 11) is 0. The zero-order valence-corrected chi connectivity index (χ0v) is 6.23. The largest absolute Gasteiger partial charge is 0.347 e. The molecular formula is C8H7N3O. The molecule has 1 heterocycles. The SMILES string of the molecule is N=CC1(O)N=c2ccccc2=N1. The summed E-state index contributed by atoms with van der Waals surface area (Å²) >= 11 is 0. The predicted molar refractivity (Wildman–Crippen MR) is 42.5 cm³/mol. The highest BCUT2D eigenvalue weighted by Crippen LogP contribution is 2.04. The van der Waals surface area contributed by atoms with Gasteiger partial charge in [-0.15, -0.1) is 0 Å². The molecular weight excluding hydrogens is 154 g/mol. The fourth-order valence-corrected chi connectivity index (χ4v) is 1.10. The molecule has 0 aliphatic carbocycles. The Hall–Kier alpha value is -1.55. The smallest absolute Gasteiger partial charge is 0.293 e. The minimum atomic E-state index is -1.66. The highest BCUT2D eigenvalue weighted by Gasteiger charge is 2.23. The van der Waals surface area contributed by atoms with Crippen LogP contribution in [0.15, 0.2) is 34.3 Å². The normalized spacial score (nSPS) is 17.4. The maximum Gasteiger partial charge on any atom is 0.293 e. The highest BCUT2D eigenvalue weighted by atomic mass is 16.3. The number of para-hydroxylation sites is 2. The van der Waals surface area contributed by atoms with Gasteiger partial charge in [0.05, 0.1) is 16.9 Å². The first-order valence-electron chi connectivity index (χ1n) is 3.52. The number of hydrogen-bond acceptors (Lipinski definition) is 4. The van der Waals surface area contributed by atoms with Gasteiger partial charge in [0.2, 0.25) is 0 Å². The lowest BCUT2D eigenvalue weighted by molar-refractivity contribution is 0.135. The van der Waals surface area contributed by atoms with E-state index in [1.807, 2.05) is 12.1 Å². The topological polar surface area (TPSA) is 68.8 Å². The standard InChI is InChI=1S/C8H7N3O/c9-5-8(12)10-6-3-1-2-4-7(6)11-8/h1-5,9,12H. The molecule has 0 aromatic heterocycles. The molecule has 12 heavy (non-hydrogen) atoms. The number of aliphatic hydroxyl groups is 1. The van der Waals surface area contributed by atoms with Crippen LogP contribution in [0.25, 0.3) is 0 Å². The third-order valence-electron chi connectivity index (χ3n) is 1.65. The molecule has 0 saturated heterocycles. The third-order valence-corrected chi connectivity index (χ3v) is 1.65. The monoisotopic (exact) mass is 161 g/mol. The van der Waals surface area contributed by atoms with Crippen LogP contribution in [-0.4, -0.2) is 17.2 Å². The Morgan fingerprint density at radius 1 is 1.25 bits per heavy atom. The van der Waals surface area contributed by atoms with Crippen molar-refractivity contribution in [3.8, 4) is 0 Å². The van der Waals surface area contributed by atoms with Crippen LogP contribution in [0, 0.1) is 5.41 Å². The number of hydrogen-bond donors (Lipinski definition) is 2. The number of nitrogens with one attached hydrogen (secondary N) is 1. The summed E-state index contributed by atoms with van der Waals surface area (Å²) in [5, 5.41) is 17.6. The van der Waals surface area contributed by atoms with E-state index in [1.54, 1.807) is 12.1 Å². The molecule has 2 rings (SSSR count). The van der Waals surface area contributed by atoms with Gasteiger partial charge in [0.15, 0.2) is 0 Å². The van der Waals surface area contributed by atoms with Crippen LogP contribution in [-0.2, 0) is 0 Å². The molecule has 0 saturated carbocycles. The average Bonchev–Trinajstić information content (AvgIpc) is 2.42. The Bertz CT molecular complexity index is 403. The molecule has 0 atom stereocenters. The van der Waals surface area contributed by atoms with Crippen molar-refractivity contribution in [2.75, 3.05) is 0 Å². The van der Waals surface area contributed by atoms with Crippen LogP contribution in [0.4, 0.5) is 0 Å². The van der Waals surface area contributed by atoms with Gasteiger partial charge >= 0.3 is 0 Å². The Morgan fingerprint density at radius 2 is 1.75 bits per heavy atom. The minimum absolute atomic E-state index is 0.628. The molecule has 1 aliphatic heterocycles. The van der Waals surface area contributed by atoms with Gasteiger partial charge in [0.1, 0.15) is 0 Å². The fraction of sp³-hybridized carbons (Fsp3) is 0.125. The molecule has 0 fully saturated rings. The van der Waals surface area contributed by atoms with E-state index in [1.165, 1.54) is 0 Å². The van der Waals surface area contributed by atoms with Gasteiger partial charge < -0.3 is 10.5 Å². The average molecular weight is 161 g/mol. The highest BCUT2D eigenvalue weighted by molar-refractivity contribution is 5.64. The second-order valence-electron chi connectivity index (χ2n) is 2.54. The van der Waals surface area contributed by atoms with E-state index in [0.29, 0.717) is 10.7 Å². The summed E-state index contributed by atoms with van der Waals surface area (Å²) in [6, 6.07) is 7.13. The van der Waals surface area contributed by atoms with E-state index in [4.69, 9.17) is 5.41 Å². The van der Waals surface area contributed by atoms with E-state index in [0.717, 1.165) is 6.21 Å². The van der Waals surface area contributed by atoms with Crippen molar-refractivity contribution in [2.45, 2.75) is 5.85 Å². The van der Waals surface area contributed by atoms with E-state index < -0.39 is 5.85 Å². The van der Waals surface area contributed by atoms with E-state index in [9.17, 15) is 5.11 Å². The Morgan fingerprint density at radius 3 is 2.17 bits per heavy atom. The fourth-order valence-electron chi connectivity index (χ4n) is 1.10. The lowest BCUT2D eigenvalue weighted by Gasteiger charge is -2.05. The van der Waals surface area contributed by atoms with Gasteiger partial charge in [-0.25, -0.2) is 9.98 Å². The first-order chi connectivity index (χ1) is 5.73. The first kappa shape index (κ1) is 7.12. The lowest BCUT2D eigenvalue weighted by Crippen LogP contribution is -2.23. The molecule has 4 heteroatoms. The summed E-state index contributed by atoms with van der Waals surface area (Å²) in [5.74, 6) is -1.66. The van der Waals surface area contributed by atoms with Crippen molar-refractivity contribution in [3.63, 3.8) is 0 Å². The van der Waals surface area contributed by atoms with Gasteiger partial charge in [-0.2, -0.15) is 0 Å². The summed E-state index contributed by atoms with van der Waals surface area (Å²) in [6.07, 6.45) is 0.812. The quantitative estimate of drug-likeness (QED) is 0.522. The van der Waals surface area contributed by atoms with Crippen molar-refractivity contribution in [3.05, 3.63) is 35.0 Å². The van der Waals surface area contributed by atoms with Crippen LogP contribution in [0.1, 0.15) is 0 Å². The van der Waals surface area contributed by atoms with E-state index >= 15 is 0 Å². The van der Waals surface area contributed by atoms with Crippen molar-refractivity contribution < 1.29 is 5.11 Å². The zero-order valence-electron chi connectivity index (χ0n) is 6.23. The molecule has 0 amide bonds. The molecule has 60 valence electrons. The van der Waals surface area contributed by atoms with Gasteiger partial charge in [-0.1, -0.05) is 12.1 Å². The van der Waals surface area contributed by atoms with E-state index in [2.05, 4.69) is 9.98 Å². The minimum Gasteiger partial charge on any atom is -0.347 e. The van der Waals surface area contributed by atoms with Gasteiger partial charge in [-0.3, -0.25) is 0 Å². The Labute approximate surface area is 68.4 Å². The van der Waals surface area contributed by atoms with Gasteiger partial charge in [-0.05, 0) is 12.1 Å². The second kappa shape index (κ2) is 2.22. The van der Waals surface area contributed by atoms with Crippen LogP contribution in [0.5, 0.6) is 0 Å². The summed E-state index contributed by atoms with van der Waals surface area (Å²) in [4.78, 5) is 7.70. The second-order valence-corrected chi connectivity index (χ2v) is 2.54. The molecule has 1 aliphatic rings. The van der Waals surface area contributed by atoms with Crippen LogP contribution in [0.2, 0.25) is 0 Å². The van der Waals surface area contributed by atoms with Gasteiger partial charge in [0.25, 0.3) is 5.85 Å². The maximum absolute atomic E-state index is 9.44. The molecule has 1 aromatic rings. The van der Waals surface area contributed by atoms with Crippen LogP contribution >= 0.6 is 0 Å². The summed E-state index contributed by atoms with van der Waals surface area (Å²) < 4.78 is 0. The number of nitrogens with zero attached hydrogens (tertiary/aromatic N) is 2. The van der Waals surface area contributed by atoms with Crippen LogP contribution in [0.3, 0.4) is 0 Å². The molecule has 0 radical (unpaired) electrons. The predicted octanol–water partition coefficient (Wildman–Crippen LogP) is -0.765. The number of fused-ring (bicyclic) bond motifs is 1. The Kier molecular flexibility index (Phi) is 1.31. The molecule has 2 N–H and O–H groups in total. The van der Waals surface area contributed by atoms with Crippen molar-refractivity contribution in [1.82, 2.24) is 0 Å². The molecule has 1 aromatic carbocycles. The first-order valence-corrected chi connectivity index (χ1v) is 3.52. The summed E-state index contributed by atoms with van der Waals surface area (Å²) in [6.45, 7) is 0. The maximum atomic E-state index is 9.44. The molecule has 0 bridgehead atoms. The third kappa shape index (κ3) is 0.931. The van der Waals surface area contributed by atoms with Crippen LogP contribution < -0.4 is 10.7 Å². The van der Waals surface area contributed by atoms with Crippen molar-refractivity contribution in [1.29, 1.82) is 5.41 Å². The molecule has 0 spiro atoms. The number of rotatable bonds is 1. The van der Waals surface area contributed by atoms with Gasteiger partial charge in [0, 0.05) is 0 Å². The van der Waals surface area contributed by atoms with Crippen molar-refractivity contribution in [2.24, 2.45) is 9.98 Å². The lowest BCUT2D eigenvalue weighted by atomic mass is 10.3. The number of benzene rings is 1. The van der Waals surface area contributed by atoms with Crippen molar-refractivity contribution >= 4 is 6.21 Å². The summed E-state index contributed by atoms with van der Waals surface area (Å²) in [5.41, 5.74) is 0. The Balaban J connectivity index is 2.75. The van der Waals surface area contributed by atoms with E-state index in [-0.39, 0.29) is 0 Å².